The molecule has 0 fully saturated rings. The molecular weight excluding hydrogens is 281 g/mol. The molecule has 0 aliphatic heterocycles. The van der Waals surface area contributed by atoms with Gasteiger partial charge in [0.2, 0.25) is 0 Å². The van der Waals surface area contributed by atoms with Gasteiger partial charge in [0.25, 0.3) is 0 Å². The molecule has 3 aromatic rings. The quantitative estimate of drug-likeness (QED) is 0.679. The van der Waals surface area contributed by atoms with Crippen LogP contribution in [0.2, 0.25) is 5.02 Å². The Bertz CT molecular complexity index is 840. The first-order valence-electron chi connectivity index (χ1n) is 5.97. The van der Waals surface area contributed by atoms with Gasteiger partial charge < -0.3 is 15.7 Å². The number of halogens is 2. The number of fused-ring (bicyclic) bond motifs is 1. The van der Waals surface area contributed by atoms with Crippen molar-refractivity contribution in [2.75, 3.05) is 0 Å². The van der Waals surface area contributed by atoms with Gasteiger partial charge >= 0.3 is 5.69 Å². The van der Waals surface area contributed by atoms with E-state index in [-0.39, 0.29) is 10.7 Å². The Morgan fingerprint density at radius 3 is 2.45 bits per heavy atom. The molecule has 0 spiro atoms. The third-order valence-corrected chi connectivity index (χ3v) is 3.51. The summed E-state index contributed by atoms with van der Waals surface area (Å²) in [6, 6.07) is 9.30. The number of benzene rings is 2. The summed E-state index contributed by atoms with van der Waals surface area (Å²) >= 11 is 5.65. The fourth-order valence-electron chi connectivity index (χ4n) is 2.14. The molecule has 1 heterocycles. The van der Waals surface area contributed by atoms with Crippen molar-refractivity contribution in [3.63, 3.8) is 0 Å². The van der Waals surface area contributed by atoms with Gasteiger partial charge in [0, 0.05) is 0 Å². The van der Waals surface area contributed by atoms with Crippen molar-refractivity contribution in [1.82, 2.24) is 9.97 Å². The predicted octanol–water partition coefficient (Wildman–Crippen LogP) is 2.70. The zero-order valence-electron chi connectivity index (χ0n) is 10.3. The number of nitrogens with one attached hydrogen (secondary N) is 2. The third-order valence-electron chi connectivity index (χ3n) is 3.20. The van der Waals surface area contributed by atoms with Crippen LogP contribution in [0.3, 0.4) is 0 Å². The zero-order chi connectivity index (χ0) is 14.3. The molecule has 4 nitrogen and oxygen atoms in total. The molecule has 6 heteroatoms. The summed E-state index contributed by atoms with van der Waals surface area (Å²) in [6.07, 6.45) is 0. The second-order valence-electron chi connectivity index (χ2n) is 4.54. The summed E-state index contributed by atoms with van der Waals surface area (Å²) in [7, 11) is 0. The van der Waals surface area contributed by atoms with Crippen LogP contribution < -0.4 is 11.4 Å². The van der Waals surface area contributed by atoms with Crippen molar-refractivity contribution >= 4 is 22.6 Å². The summed E-state index contributed by atoms with van der Waals surface area (Å²) < 4.78 is 13.5. The fraction of sp³-hybridized carbons (Fsp3) is 0.0714. The van der Waals surface area contributed by atoms with E-state index >= 15 is 0 Å². The van der Waals surface area contributed by atoms with Crippen molar-refractivity contribution in [2.45, 2.75) is 6.04 Å². The molecule has 1 aromatic heterocycles. The standard InChI is InChI=1S/C14H11ClFN3O/c15-9-3-1-7(5-10(9)16)13(17)8-2-4-11-12(6-8)19-14(20)18-11/h1-6,13H,17H2,(H2,18,19,20). The fourth-order valence-corrected chi connectivity index (χ4v) is 2.26. The highest BCUT2D eigenvalue weighted by molar-refractivity contribution is 6.30. The Kier molecular flexibility index (Phi) is 3.08. The molecule has 0 aliphatic carbocycles. The molecule has 0 bridgehead atoms. The molecule has 0 amide bonds. The van der Waals surface area contributed by atoms with Gasteiger partial charge in [-0.15, -0.1) is 0 Å². The Labute approximate surface area is 118 Å². The third kappa shape index (κ3) is 2.21. The zero-order valence-corrected chi connectivity index (χ0v) is 11.0. The summed E-state index contributed by atoms with van der Waals surface area (Å²) in [5, 5.41) is 0.0615. The number of hydrogen-bond acceptors (Lipinski definition) is 2. The van der Waals surface area contributed by atoms with E-state index in [2.05, 4.69) is 9.97 Å². The number of imidazole rings is 1. The van der Waals surface area contributed by atoms with E-state index < -0.39 is 11.9 Å². The van der Waals surface area contributed by atoms with Gasteiger partial charge in [0.1, 0.15) is 5.82 Å². The lowest BCUT2D eigenvalue weighted by Gasteiger charge is -2.13. The number of rotatable bonds is 2. The molecular formula is C14H11ClFN3O. The highest BCUT2D eigenvalue weighted by Crippen LogP contribution is 2.25. The lowest BCUT2D eigenvalue weighted by molar-refractivity contribution is 0.624. The Morgan fingerprint density at radius 1 is 1.05 bits per heavy atom. The Morgan fingerprint density at radius 2 is 1.70 bits per heavy atom. The van der Waals surface area contributed by atoms with Gasteiger partial charge in [-0.05, 0) is 35.4 Å². The number of hydrogen-bond donors (Lipinski definition) is 3. The van der Waals surface area contributed by atoms with Crippen LogP contribution >= 0.6 is 11.6 Å². The maximum atomic E-state index is 13.5. The van der Waals surface area contributed by atoms with Crippen LogP contribution in [-0.4, -0.2) is 9.97 Å². The predicted molar refractivity (Wildman–Crippen MR) is 76.4 cm³/mol. The SMILES string of the molecule is NC(c1ccc(Cl)c(F)c1)c1ccc2[nH]c(=O)[nH]c2c1. The number of aromatic nitrogens is 2. The van der Waals surface area contributed by atoms with Crippen LogP contribution in [0.1, 0.15) is 17.2 Å². The van der Waals surface area contributed by atoms with E-state index in [4.69, 9.17) is 17.3 Å². The highest BCUT2D eigenvalue weighted by atomic mass is 35.5. The minimum atomic E-state index is -0.504. The molecule has 1 unspecified atom stereocenters. The lowest BCUT2D eigenvalue weighted by Crippen LogP contribution is -2.12. The van der Waals surface area contributed by atoms with Gasteiger partial charge in [0.05, 0.1) is 22.1 Å². The largest absolute Gasteiger partial charge is 0.323 e. The van der Waals surface area contributed by atoms with Gasteiger partial charge in [-0.25, -0.2) is 9.18 Å². The number of H-pyrrole nitrogens is 2. The molecule has 0 saturated heterocycles. The summed E-state index contributed by atoms with van der Waals surface area (Å²) in [6.45, 7) is 0. The molecule has 4 N–H and O–H groups in total. The molecule has 0 saturated carbocycles. The first-order chi connectivity index (χ1) is 9.54. The molecule has 102 valence electrons. The van der Waals surface area contributed by atoms with Crippen LogP contribution in [0.25, 0.3) is 11.0 Å². The molecule has 3 rings (SSSR count). The molecule has 0 aliphatic rings. The minimum absolute atomic E-state index is 0.0615. The lowest BCUT2D eigenvalue weighted by atomic mass is 9.99. The van der Waals surface area contributed by atoms with Crippen molar-refractivity contribution in [1.29, 1.82) is 0 Å². The van der Waals surface area contributed by atoms with E-state index in [1.165, 1.54) is 12.1 Å². The van der Waals surface area contributed by atoms with Crippen LogP contribution in [0.5, 0.6) is 0 Å². The van der Waals surface area contributed by atoms with E-state index in [1.807, 2.05) is 0 Å². The van der Waals surface area contributed by atoms with Gasteiger partial charge in [-0.2, -0.15) is 0 Å². The second-order valence-corrected chi connectivity index (χ2v) is 4.94. The first kappa shape index (κ1) is 12.9. The van der Waals surface area contributed by atoms with Gasteiger partial charge in [-0.1, -0.05) is 23.7 Å². The maximum Gasteiger partial charge on any atom is 0.323 e. The number of nitrogens with two attached hydrogens (primary N) is 1. The van der Waals surface area contributed by atoms with Crippen molar-refractivity contribution < 1.29 is 4.39 Å². The molecule has 0 radical (unpaired) electrons. The molecule has 1 atom stereocenters. The first-order valence-corrected chi connectivity index (χ1v) is 6.35. The van der Waals surface area contributed by atoms with Crippen molar-refractivity contribution in [3.8, 4) is 0 Å². The Hall–Kier alpha value is -2.11. The monoisotopic (exact) mass is 291 g/mol. The van der Waals surface area contributed by atoms with Crippen molar-refractivity contribution in [3.05, 3.63) is 68.8 Å². The highest BCUT2D eigenvalue weighted by Gasteiger charge is 2.12. The summed E-state index contributed by atoms with van der Waals surface area (Å²) in [4.78, 5) is 16.5. The van der Waals surface area contributed by atoms with E-state index in [1.54, 1.807) is 24.3 Å². The summed E-state index contributed by atoms with van der Waals surface area (Å²) in [5.74, 6) is -0.504. The Balaban J connectivity index is 2.04. The smallest absolute Gasteiger partial charge is 0.320 e. The maximum absolute atomic E-state index is 13.5. The second kappa shape index (κ2) is 4.77. The summed E-state index contributed by atoms with van der Waals surface area (Å²) in [5.41, 5.74) is 8.60. The molecule has 2 aromatic carbocycles. The normalized spacial score (nSPS) is 12.8. The number of aromatic amines is 2. The van der Waals surface area contributed by atoms with E-state index in [0.29, 0.717) is 16.6 Å². The van der Waals surface area contributed by atoms with Crippen LogP contribution in [-0.2, 0) is 0 Å². The van der Waals surface area contributed by atoms with Crippen LogP contribution in [0.4, 0.5) is 4.39 Å². The molecule has 20 heavy (non-hydrogen) atoms. The average Bonchev–Trinajstić information content (AvgIpc) is 2.80. The van der Waals surface area contributed by atoms with E-state index in [9.17, 15) is 9.18 Å². The van der Waals surface area contributed by atoms with E-state index in [0.717, 1.165) is 5.56 Å². The van der Waals surface area contributed by atoms with Gasteiger partial charge in [-0.3, -0.25) is 0 Å². The minimum Gasteiger partial charge on any atom is -0.320 e. The van der Waals surface area contributed by atoms with Crippen LogP contribution in [0, 0.1) is 5.82 Å². The van der Waals surface area contributed by atoms with Crippen LogP contribution in [0.15, 0.2) is 41.2 Å². The average molecular weight is 292 g/mol. The van der Waals surface area contributed by atoms with Crippen molar-refractivity contribution in [2.24, 2.45) is 5.73 Å². The van der Waals surface area contributed by atoms with Gasteiger partial charge in [0.15, 0.2) is 0 Å². The topological polar surface area (TPSA) is 74.7 Å².